The Labute approximate surface area is 97.6 Å². The molecule has 0 saturated heterocycles. The van der Waals surface area contributed by atoms with Gasteiger partial charge >= 0.3 is 5.97 Å². The van der Waals surface area contributed by atoms with Crippen LogP contribution < -0.4 is 5.32 Å². The van der Waals surface area contributed by atoms with E-state index in [4.69, 9.17) is 5.11 Å². The molecule has 0 spiro atoms. The summed E-state index contributed by atoms with van der Waals surface area (Å²) in [5, 5.41) is 12.6. The lowest BCUT2D eigenvalue weighted by atomic mass is 9.74. The van der Waals surface area contributed by atoms with Gasteiger partial charge < -0.3 is 10.4 Å². The second-order valence-electron chi connectivity index (χ2n) is 5.67. The van der Waals surface area contributed by atoms with Crippen molar-refractivity contribution in [2.75, 3.05) is 0 Å². The fourth-order valence-corrected chi connectivity index (χ4v) is 3.09. The molecule has 0 aromatic rings. The molecule has 16 heavy (non-hydrogen) atoms. The van der Waals surface area contributed by atoms with Gasteiger partial charge in [-0.25, -0.2) is 0 Å². The van der Waals surface area contributed by atoms with Crippen molar-refractivity contribution in [3.05, 3.63) is 0 Å². The number of carboxylic acid groups (broad SMARTS) is 1. The molecule has 2 fully saturated rings. The molecule has 0 amide bonds. The number of carbonyl (C=O) groups is 1. The molecule has 0 bridgehead atoms. The Morgan fingerprint density at radius 1 is 1.12 bits per heavy atom. The number of hydrogen-bond acceptors (Lipinski definition) is 2. The maximum absolute atomic E-state index is 10.9. The highest BCUT2D eigenvalue weighted by atomic mass is 16.4. The predicted molar refractivity (Wildman–Crippen MR) is 63.3 cm³/mol. The molecule has 5 atom stereocenters. The van der Waals surface area contributed by atoms with Gasteiger partial charge in [0.05, 0.1) is 5.92 Å². The van der Waals surface area contributed by atoms with E-state index in [9.17, 15) is 4.79 Å². The summed E-state index contributed by atoms with van der Waals surface area (Å²) in [6.45, 7) is 4.61. The van der Waals surface area contributed by atoms with Gasteiger partial charge in [0, 0.05) is 12.1 Å². The highest BCUT2D eigenvalue weighted by molar-refractivity contribution is 5.72. The largest absolute Gasteiger partial charge is 0.481 e. The van der Waals surface area contributed by atoms with E-state index in [0.717, 1.165) is 18.8 Å². The van der Waals surface area contributed by atoms with Crippen molar-refractivity contribution >= 4 is 5.97 Å². The SMILES string of the molecule is CC1CCCC(NC2CCC2C(=O)O)C1C. The van der Waals surface area contributed by atoms with Crippen LogP contribution in [0.2, 0.25) is 0 Å². The highest BCUT2D eigenvalue weighted by Crippen LogP contribution is 2.33. The summed E-state index contributed by atoms with van der Waals surface area (Å²) in [6.07, 6.45) is 5.71. The second kappa shape index (κ2) is 4.74. The first-order chi connectivity index (χ1) is 7.59. The van der Waals surface area contributed by atoms with Crippen molar-refractivity contribution in [3.8, 4) is 0 Å². The van der Waals surface area contributed by atoms with Gasteiger partial charge in [0.15, 0.2) is 0 Å². The van der Waals surface area contributed by atoms with E-state index in [1.54, 1.807) is 0 Å². The van der Waals surface area contributed by atoms with Gasteiger partial charge in [0.1, 0.15) is 0 Å². The standard InChI is InChI=1S/C13H23NO2/c1-8-4-3-5-11(9(8)2)14-12-7-6-10(12)13(15)16/h8-12,14H,3-7H2,1-2H3,(H,15,16). The predicted octanol–water partition coefficient (Wildman–Crippen LogP) is 2.26. The van der Waals surface area contributed by atoms with Crippen LogP contribution in [0.1, 0.15) is 46.0 Å². The molecule has 92 valence electrons. The molecule has 2 N–H and O–H groups in total. The van der Waals surface area contributed by atoms with Crippen molar-refractivity contribution in [1.29, 1.82) is 0 Å². The van der Waals surface area contributed by atoms with E-state index < -0.39 is 5.97 Å². The van der Waals surface area contributed by atoms with Crippen LogP contribution in [0.15, 0.2) is 0 Å². The smallest absolute Gasteiger partial charge is 0.308 e. The fraction of sp³-hybridized carbons (Fsp3) is 0.923. The molecule has 3 nitrogen and oxygen atoms in total. The third-order valence-corrected chi connectivity index (χ3v) is 4.73. The van der Waals surface area contributed by atoms with Crippen molar-refractivity contribution < 1.29 is 9.90 Å². The Morgan fingerprint density at radius 2 is 1.88 bits per heavy atom. The number of nitrogens with one attached hydrogen (secondary N) is 1. The maximum Gasteiger partial charge on any atom is 0.308 e. The molecule has 2 rings (SSSR count). The molecule has 0 radical (unpaired) electrons. The summed E-state index contributed by atoms with van der Waals surface area (Å²) in [4.78, 5) is 10.9. The van der Waals surface area contributed by atoms with E-state index in [2.05, 4.69) is 19.2 Å². The van der Waals surface area contributed by atoms with Gasteiger partial charge in [-0.15, -0.1) is 0 Å². The van der Waals surface area contributed by atoms with Gasteiger partial charge in [-0.05, 0) is 31.1 Å². The van der Waals surface area contributed by atoms with Gasteiger partial charge in [-0.1, -0.05) is 26.7 Å². The van der Waals surface area contributed by atoms with Crippen molar-refractivity contribution in [2.24, 2.45) is 17.8 Å². The fourth-order valence-electron chi connectivity index (χ4n) is 3.09. The molecule has 3 heteroatoms. The lowest BCUT2D eigenvalue weighted by Crippen LogP contribution is -2.54. The lowest BCUT2D eigenvalue weighted by Gasteiger charge is -2.42. The van der Waals surface area contributed by atoms with Gasteiger partial charge in [-0.2, -0.15) is 0 Å². The quantitative estimate of drug-likeness (QED) is 0.774. The van der Waals surface area contributed by atoms with E-state index in [0.29, 0.717) is 12.0 Å². The van der Waals surface area contributed by atoms with Crippen LogP contribution in [0, 0.1) is 17.8 Å². The highest BCUT2D eigenvalue weighted by Gasteiger charge is 2.39. The molecule has 2 aliphatic carbocycles. The summed E-state index contributed by atoms with van der Waals surface area (Å²) < 4.78 is 0. The molecule has 0 aromatic heterocycles. The van der Waals surface area contributed by atoms with Gasteiger partial charge in [0.25, 0.3) is 0 Å². The summed E-state index contributed by atoms with van der Waals surface area (Å²) in [5.41, 5.74) is 0. The summed E-state index contributed by atoms with van der Waals surface area (Å²) in [7, 11) is 0. The Morgan fingerprint density at radius 3 is 2.44 bits per heavy atom. The monoisotopic (exact) mass is 225 g/mol. The van der Waals surface area contributed by atoms with Gasteiger partial charge in [0.2, 0.25) is 0 Å². The van der Waals surface area contributed by atoms with Gasteiger partial charge in [-0.3, -0.25) is 4.79 Å². The Kier molecular flexibility index (Phi) is 3.53. The Hall–Kier alpha value is -0.570. The first-order valence-corrected chi connectivity index (χ1v) is 6.58. The third kappa shape index (κ3) is 2.24. The topological polar surface area (TPSA) is 49.3 Å². The normalized spacial score (nSPS) is 43.8. The zero-order valence-corrected chi connectivity index (χ0v) is 10.3. The van der Waals surface area contributed by atoms with E-state index in [-0.39, 0.29) is 12.0 Å². The molecule has 0 aliphatic heterocycles. The first-order valence-electron chi connectivity index (χ1n) is 6.58. The second-order valence-corrected chi connectivity index (χ2v) is 5.67. The number of aliphatic carboxylic acids is 1. The van der Waals surface area contributed by atoms with Crippen LogP contribution >= 0.6 is 0 Å². The number of carboxylic acids is 1. The minimum absolute atomic E-state index is 0.135. The third-order valence-electron chi connectivity index (χ3n) is 4.73. The summed E-state index contributed by atoms with van der Waals surface area (Å²) in [6, 6.07) is 0.770. The summed E-state index contributed by atoms with van der Waals surface area (Å²) in [5.74, 6) is 0.697. The number of rotatable bonds is 3. The van der Waals surface area contributed by atoms with Crippen LogP contribution in [0.5, 0.6) is 0 Å². The Bertz CT molecular complexity index is 267. The molecule has 0 heterocycles. The van der Waals surface area contributed by atoms with Crippen LogP contribution in [-0.4, -0.2) is 23.2 Å². The van der Waals surface area contributed by atoms with Crippen molar-refractivity contribution in [3.63, 3.8) is 0 Å². The molecule has 0 aromatic carbocycles. The van der Waals surface area contributed by atoms with Crippen molar-refractivity contribution in [1.82, 2.24) is 5.32 Å². The summed E-state index contributed by atoms with van der Waals surface area (Å²) >= 11 is 0. The van der Waals surface area contributed by atoms with Crippen LogP contribution in [0.4, 0.5) is 0 Å². The zero-order chi connectivity index (χ0) is 11.7. The lowest BCUT2D eigenvalue weighted by molar-refractivity contribution is -0.146. The maximum atomic E-state index is 10.9. The molecular weight excluding hydrogens is 202 g/mol. The number of hydrogen-bond donors (Lipinski definition) is 2. The average molecular weight is 225 g/mol. The zero-order valence-electron chi connectivity index (χ0n) is 10.3. The van der Waals surface area contributed by atoms with E-state index >= 15 is 0 Å². The van der Waals surface area contributed by atoms with Crippen LogP contribution in [-0.2, 0) is 4.79 Å². The molecule has 2 aliphatic rings. The Balaban J connectivity index is 1.87. The minimum atomic E-state index is -0.625. The average Bonchev–Trinajstić information content (AvgIpc) is 2.17. The van der Waals surface area contributed by atoms with Crippen LogP contribution in [0.3, 0.4) is 0 Å². The minimum Gasteiger partial charge on any atom is -0.481 e. The molecular formula is C13H23NO2. The van der Waals surface area contributed by atoms with Crippen LogP contribution in [0.25, 0.3) is 0 Å². The van der Waals surface area contributed by atoms with Crippen molar-refractivity contribution in [2.45, 2.75) is 58.0 Å². The first kappa shape index (κ1) is 11.9. The molecule has 2 saturated carbocycles. The molecule has 5 unspecified atom stereocenters. The van der Waals surface area contributed by atoms with E-state index in [1.807, 2.05) is 0 Å². The van der Waals surface area contributed by atoms with E-state index in [1.165, 1.54) is 19.3 Å².